The second-order valence-corrected chi connectivity index (χ2v) is 5.02. The second kappa shape index (κ2) is 8.88. The smallest absolute Gasteiger partial charge is 0.331 e. The number of anilines is 1. The van der Waals surface area contributed by atoms with Crippen molar-refractivity contribution < 1.29 is 32.6 Å². The molecule has 0 bridgehead atoms. The van der Waals surface area contributed by atoms with Crippen molar-refractivity contribution in [1.29, 1.82) is 0 Å². The van der Waals surface area contributed by atoms with Gasteiger partial charge in [-0.2, -0.15) is 0 Å². The molecule has 0 saturated carbocycles. The predicted octanol–water partition coefficient (Wildman–Crippen LogP) is 0.861. The first-order valence-corrected chi connectivity index (χ1v) is 7.42. The molecule has 1 aliphatic rings. The van der Waals surface area contributed by atoms with E-state index in [1.807, 2.05) is 5.32 Å². The summed E-state index contributed by atoms with van der Waals surface area (Å²) in [5.41, 5.74) is -0.624. The number of hydrogen-bond donors (Lipinski definition) is 1. The lowest BCUT2D eigenvalue weighted by Crippen LogP contribution is -2.39. The summed E-state index contributed by atoms with van der Waals surface area (Å²) in [6.07, 6.45) is 1.91. The van der Waals surface area contributed by atoms with Crippen molar-refractivity contribution in [2.45, 2.75) is 0 Å². The molecule has 0 radical (unpaired) electrons. The van der Waals surface area contributed by atoms with Crippen LogP contribution < -0.4 is 5.32 Å². The van der Waals surface area contributed by atoms with Crippen LogP contribution in [0.5, 0.6) is 0 Å². The topological polar surface area (TPSA) is 84.9 Å². The standard InChI is InChI=1S/C16H16F2N2O5/c17-11-2-1-3-12(18)16(11)19-13(21)10-25-15(23)5-4-14(22)20-6-8-24-9-7-20/h1-5H,6-10H2,(H,19,21)/b5-4+. The Hall–Kier alpha value is -2.81. The Kier molecular flexibility index (Phi) is 6.58. The van der Waals surface area contributed by atoms with Gasteiger partial charge in [-0.15, -0.1) is 0 Å². The fourth-order valence-corrected chi connectivity index (χ4v) is 2.01. The van der Waals surface area contributed by atoms with E-state index in [2.05, 4.69) is 4.74 Å². The van der Waals surface area contributed by atoms with Crippen LogP contribution in [0.1, 0.15) is 0 Å². The minimum atomic E-state index is -0.948. The molecule has 0 atom stereocenters. The molecule has 25 heavy (non-hydrogen) atoms. The third-order valence-corrected chi connectivity index (χ3v) is 3.26. The number of amides is 2. The highest BCUT2D eigenvalue weighted by Gasteiger charge is 2.15. The van der Waals surface area contributed by atoms with Crippen LogP contribution in [0, 0.1) is 11.6 Å². The number of carbonyl (C=O) groups excluding carboxylic acids is 3. The van der Waals surface area contributed by atoms with E-state index in [9.17, 15) is 23.2 Å². The summed E-state index contributed by atoms with van der Waals surface area (Å²) < 4.78 is 36.5. The molecule has 9 heteroatoms. The lowest BCUT2D eigenvalue weighted by molar-refractivity contribution is -0.142. The van der Waals surface area contributed by atoms with Crippen LogP contribution in [0.25, 0.3) is 0 Å². The summed E-state index contributed by atoms with van der Waals surface area (Å²) in [6.45, 7) is 0.958. The Balaban J connectivity index is 1.78. The molecule has 2 amide bonds. The van der Waals surface area contributed by atoms with E-state index in [1.54, 1.807) is 0 Å². The molecule has 0 unspecified atom stereocenters. The van der Waals surface area contributed by atoms with Gasteiger partial charge in [-0.1, -0.05) is 6.07 Å². The van der Waals surface area contributed by atoms with Gasteiger partial charge in [-0.25, -0.2) is 13.6 Å². The van der Waals surface area contributed by atoms with Crippen molar-refractivity contribution in [3.63, 3.8) is 0 Å². The van der Waals surface area contributed by atoms with Crippen molar-refractivity contribution in [2.24, 2.45) is 0 Å². The maximum Gasteiger partial charge on any atom is 0.331 e. The Labute approximate surface area is 142 Å². The van der Waals surface area contributed by atoms with E-state index in [0.29, 0.717) is 26.3 Å². The lowest BCUT2D eigenvalue weighted by atomic mass is 10.3. The molecule has 1 N–H and O–H groups in total. The first kappa shape index (κ1) is 18.5. The second-order valence-electron chi connectivity index (χ2n) is 5.02. The van der Waals surface area contributed by atoms with E-state index in [1.165, 1.54) is 4.90 Å². The maximum atomic E-state index is 13.4. The van der Waals surface area contributed by atoms with Gasteiger partial charge in [-0.3, -0.25) is 9.59 Å². The van der Waals surface area contributed by atoms with Crippen molar-refractivity contribution in [2.75, 3.05) is 38.2 Å². The van der Waals surface area contributed by atoms with Crippen LogP contribution in [0.2, 0.25) is 0 Å². The van der Waals surface area contributed by atoms with Crippen LogP contribution in [0.3, 0.4) is 0 Å². The SMILES string of the molecule is O=C(COC(=O)/C=C/C(=O)N1CCOCC1)Nc1c(F)cccc1F. The number of halogens is 2. The molecule has 1 heterocycles. The van der Waals surface area contributed by atoms with Gasteiger partial charge in [0, 0.05) is 25.2 Å². The molecule has 0 aromatic heterocycles. The minimum absolute atomic E-state index is 0.377. The molecule has 0 spiro atoms. The van der Waals surface area contributed by atoms with Crippen LogP contribution >= 0.6 is 0 Å². The summed E-state index contributed by atoms with van der Waals surface area (Å²) >= 11 is 0. The number of para-hydroxylation sites is 1. The Morgan fingerprint density at radius 3 is 2.44 bits per heavy atom. The minimum Gasteiger partial charge on any atom is -0.452 e. The number of benzene rings is 1. The molecule has 1 aromatic carbocycles. The first-order valence-electron chi connectivity index (χ1n) is 7.42. The summed E-state index contributed by atoms with van der Waals surface area (Å²) in [4.78, 5) is 36.3. The number of morpholine rings is 1. The normalized spacial score (nSPS) is 14.4. The van der Waals surface area contributed by atoms with Gasteiger partial charge in [0.15, 0.2) is 6.61 Å². The highest BCUT2D eigenvalue weighted by molar-refractivity contribution is 5.96. The van der Waals surface area contributed by atoms with Crippen molar-refractivity contribution in [1.82, 2.24) is 4.90 Å². The van der Waals surface area contributed by atoms with Crippen molar-refractivity contribution >= 4 is 23.5 Å². The molecule has 1 fully saturated rings. The third-order valence-electron chi connectivity index (χ3n) is 3.26. The molecule has 2 rings (SSSR count). The molecular formula is C16H16F2N2O5. The van der Waals surface area contributed by atoms with E-state index in [0.717, 1.165) is 30.4 Å². The molecule has 134 valence electrons. The van der Waals surface area contributed by atoms with E-state index in [-0.39, 0.29) is 5.91 Å². The number of nitrogens with one attached hydrogen (secondary N) is 1. The van der Waals surface area contributed by atoms with Gasteiger partial charge in [0.25, 0.3) is 5.91 Å². The predicted molar refractivity (Wildman–Crippen MR) is 82.5 cm³/mol. The number of ether oxygens (including phenoxy) is 2. The van der Waals surface area contributed by atoms with E-state index >= 15 is 0 Å². The molecule has 1 saturated heterocycles. The lowest BCUT2D eigenvalue weighted by Gasteiger charge is -2.25. The highest BCUT2D eigenvalue weighted by atomic mass is 19.1. The van der Waals surface area contributed by atoms with Gasteiger partial charge >= 0.3 is 5.97 Å². The number of hydrogen-bond acceptors (Lipinski definition) is 5. The zero-order chi connectivity index (χ0) is 18.2. The molecule has 1 aromatic rings. The fourth-order valence-electron chi connectivity index (χ4n) is 2.01. The number of carbonyl (C=O) groups is 3. The van der Waals surface area contributed by atoms with Gasteiger partial charge in [-0.05, 0) is 12.1 Å². The van der Waals surface area contributed by atoms with E-state index < -0.39 is 35.8 Å². The van der Waals surface area contributed by atoms with Crippen molar-refractivity contribution in [3.8, 4) is 0 Å². The Morgan fingerprint density at radius 2 is 1.80 bits per heavy atom. The Morgan fingerprint density at radius 1 is 1.16 bits per heavy atom. The summed E-state index contributed by atoms with van der Waals surface area (Å²) in [5, 5.41) is 1.97. The van der Waals surface area contributed by atoms with Crippen LogP contribution in [0.15, 0.2) is 30.4 Å². The zero-order valence-corrected chi connectivity index (χ0v) is 13.2. The van der Waals surface area contributed by atoms with Gasteiger partial charge in [0.2, 0.25) is 5.91 Å². The maximum absolute atomic E-state index is 13.4. The first-order chi connectivity index (χ1) is 12.0. The number of esters is 1. The van der Waals surface area contributed by atoms with Gasteiger partial charge < -0.3 is 19.7 Å². The monoisotopic (exact) mass is 354 g/mol. The van der Waals surface area contributed by atoms with Crippen molar-refractivity contribution in [3.05, 3.63) is 42.0 Å². The molecule has 7 nitrogen and oxygen atoms in total. The summed E-state index contributed by atoms with van der Waals surface area (Å²) in [7, 11) is 0. The largest absolute Gasteiger partial charge is 0.452 e. The van der Waals surface area contributed by atoms with E-state index in [4.69, 9.17) is 4.74 Å². The molecule has 1 aliphatic heterocycles. The number of rotatable bonds is 5. The van der Waals surface area contributed by atoms with Gasteiger partial charge in [0.05, 0.1) is 13.2 Å². The zero-order valence-electron chi connectivity index (χ0n) is 13.2. The fraction of sp³-hybridized carbons (Fsp3) is 0.312. The number of nitrogens with zero attached hydrogens (tertiary/aromatic N) is 1. The average molecular weight is 354 g/mol. The average Bonchev–Trinajstić information content (AvgIpc) is 2.62. The summed E-state index contributed by atoms with van der Waals surface area (Å²) in [5.74, 6) is -4.11. The van der Waals surface area contributed by atoms with Gasteiger partial charge in [0.1, 0.15) is 17.3 Å². The Bertz CT molecular complexity index is 667. The summed E-state index contributed by atoms with van der Waals surface area (Å²) in [6, 6.07) is 3.10. The third kappa shape index (κ3) is 5.64. The molecular weight excluding hydrogens is 338 g/mol. The van der Waals surface area contributed by atoms with Crippen LogP contribution in [-0.2, 0) is 23.9 Å². The van der Waals surface area contributed by atoms with Crippen LogP contribution in [-0.4, -0.2) is 55.6 Å². The highest BCUT2D eigenvalue weighted by Crippen LogP contribution is 2.17. The molecule has 0 aliphatic carbocycles. The van der Waals surface area contributed by atoms with Crippen LogP contribution in [0.4, 0.5) is 14.5 Å². The quantitative estimate of drug-likeness (QED) is 0.626.